The fraction of sp³-hybridized carbons (Fsp3) is 0.650. The number of benzene rings is 2. The molecule has 0 aromatic heterocycles. The van der Waals surface area contributed by atoms with Crippen LogP contribution in [0.4, 0.5) is 4.79 Å². The number of nitrogens with zero attached hydrogens (tertiary/aromatic N) is 4. The van der Waals surface area contributed by atoms with E-state index in [1.165, 1.54) is 42.8 Å². The molecule has 2 aliphatic rings. The number of carbonyl (C=O) groups excluding carboxylic acids is 8. The van der Waals surface area contributed by atoms with Crippen molar-refractivity contribution in [1.29, 1.82) is 0 Å². The molecule has 9 atom stereocenters. The third-order valence-electron chi connectivity index (χ3n) is 15.8. The fourth-order valence-electron chi connectivity index (χ4n) is 11.3. The molecule has 0 bridgehead atoms. The number of imide groups is 1. The van der Waals surface area contributed by atoms with Crippen LogP contribution in [-0.4, -0.2) is 161 Å². The van der Waals surface area contributed by atoms with Gasteiger partial charge in [-0.05, 0) is 72.8 Å². The molecule has 18 heteroatoms. The minimum Gasteiger partial charge on any atom is -0.481 e. The zero-order valence-corrected chi connectivity index (χ0v) is 49.1. The summed E-state index contributed by atoms with van der Waals surface area (Å²) in [5.74, 6) is -5.45. The van der Waals surface area contributed by atoms with Crippen molar-refractivity contribution in [2.45, 2.75) is 168 Å². The lowest BCUT2D eigenvalue weighted by molar-refractivity contribution is -0.149. The lowest BCUT2D eigenvalue weighted by Crippen LogP contribution is -2.54. The third kappa shape index (κ3) is 18.0. The highest BCUT2D eigenvalue weighted by Crippen LogP contribution is 2.32. The van der Waals surface area contributed by atoms with Gasteiger partial charge in [0.05, 0.1) is 47.9 Å². The first-order valence-electron chi connectivity index (χ1n) is 27.8. The normalized spacial score (nSPS) is 18.4. The van der Waals surface area contributed by atoms with Gasteiger partial charge in [-0.25, -0.2) is 4.79 Å². The van der Waals surface area contributed by atoms with Gasteiger partial charge in [-0.1, -0.05) is 109 Å². The number of unbranched alkanes of at least 4 members (excludes halogenated alkanes) is 2. The second kappa shape index (κ2) is 31.4. The minimum absolute atomic E-state index is 0.0670. The number of likely N-dealkylation sites (N-methyl/N-ethyl adjacent to an activating group) is 2. The Morgan fingerprint density at radius 2 is 1.41 bits per heavy atom. The average Bonchev–Trinajstić information content (AvgIpc) is 4.00. The van der Waals surface area contributed by atoms with Crippen molar-refractivity contribution in [3.63, 3.8) is 0 Å². The van der Waals surface area contributed by atoms with Crippen LogP contribution in [0.25, 0.3) is 0 Å². The van der Waals surface area contributed by atoms with Gasteiger partial charge in [-0.2, -0.15) is 11.8 Å². The van der Waals surface area contributed by atoms with Crippen molar-refractivity contribution in [3.8, 4) is 0 Å². The van der Waals surface area contributed by atoms with E-state index in [1.54, 1.807) is 35.9 Å². The molecule has 2 heterocycles. The topological polar surface area (TPSA) is 215 Å². The number of hydrogen-bond donors (Lipinski definition) is 1. The van der Waals surface area contributed by atoms with Gasteiger partial charge in [0, 0.05) is 85.3 Å². The van der Waals surface area contributed by atoms with Gasteiger partial charge >= 0.3 is 12.1 Å². The van der Waals surface area contributed by atoms with Gasteiger partial charge in [-0.3, -0.25) is 43.3 Å². The van der Waals surface area contributed by atoms with Crippen molar-refractivity contribution in [2.24, 2.45) is 35.5 Å². The molecule has 2 aromatic rings. The smallest absolute Gasteiger partial charge is 0.410 e. The van der Waals surface area contributed by atoms with Crippen LogP contribution in [0.15, 0.2) is 54.6 Å². The molecular weight excluding hydrogens is 1020 g/mol. The molecule has 1 N–H and O–H groups in total. The highest BCUT2D eigenvalue weighted by Gasteiger charge is 2.44. The fourth-order valence-corrected chi connectivity index (χ4v) is 12.0. The molecule has 78 heavy (non-hydrogen) atoms. The maximum Gasteiger partial charge on any atom is 0.410 e. The molecule has 2 fully saturated rings. The maximum absolute atomic E-state index is 14.6. The molecule has 0 aliphatic carbocycles. The van der Waals surface area contributed by atoms with Crippen LogP contribution in [0.3, 0.4) is 0 Å². The lowest BCUT2D eigenvalue weighted by atomic mass is 9.84. The van der Waals surface area contributed by atoms with Crippen molar-refractivity contribution in [1.82, 2.24) is 19.6 Å². The van der Waals surface area contributed by atoms with Gasteiger partial charge in [0.15, 0.2) is 5.78 Å². The number of rotatable bonds is 33. The summed E-state index contributed by atoms with van der Waals surface area (Å²) in [7, 11) is 6.19. The number of aliphatic carboxylic acids is 1. The van der Waals surface area contributed by atoms with E-state index in [0.29, 0.717) is 50.8 Å². The standard InChI is InChI=1S/C60H88N4O13S/c1-37(2)46(33-49(67)54(38(3)4)62(9)60(74)77-36-43-26-24-42(25-27-43)31-45(65)22-17-14-18-28-64-53(69)35-51(78-12)58(64)71)57(70)61(8)55(39(5)6)50(75-10)34-52(68)63-29-19-23-47(63)56(76-11)40(7)48(66)32-44(59(72)73)30-41-20-15-13-16-21-41/h13,15-16,20-21,24-27,37-40,44,46-47,50-51,54-56H,14,17-19,22-23,28-36H2,1-12H3,(H,72,73)/t40-,44+,46-,47-,50+,51?,54-,55-,56+/m0/s1. The molecule has 2 aromatic carbocycles. The molecule has 432 valence electrons. The number of amides is 5. The van der Waals surface area contributed by atoms with E-state index in [2.05, 4.69) is 0 Å². The molecule has 4 rings (SSSR count). The number of ketones is 3. The van der Waals surface area contributed by atoms with Gasteiger partial charge < -0.3 is 34.0 Å². The first kappa shape index (κ1) is 65.1. The van der Waals surface area contributed by atoms with Crippen molar-refractivity contribution < 1.29 is 62.5 Å². The summed E-state index contributed by atoms with van der Waals surface area (Å²) >= 11 is 1.39. The summed E-state index contributed by atoms with van der Waals surface area (Å²) in [6.07, 6.45) is 3.71. The molecule has 17 nitrogen and oxygen atoms in total. The molecule has 5 amide bonds. The lowest BCUT2D eigenvalue weighted by Gasteiger charge is -2.40. The van der Waals surface area contributed by atoms with E-state index >= 15 is 0 Å². The van der Waals surface area contributed by atoms with Crippen molar-refractivity contribution in [2.75, 3.05) is 47.7 Å². The second-order valence-corrected chi connectivity index (χ2v) is 23.4. The van der Waals surface area contributed by atoms with Crippen LogP contribution < -0.4 is 0 Å². The van der Waals surface area contributed by atoms with Crippen molar-refractivity contribution in [3.05, 3.63) is 71.3 Å². The SMILES string of the molecule is CO[C@H]([C@@H](C)C(=O)C[C@@H](Cc1ccccc1)C(=O)O)[C@@H]1CCCN1C(=O)C[C@@H](OC)[C@H](C(C)C)N(C)C(=O)[C@@H](CC(=O)[C@H](C(C)C)N(C)C(=O)OCc1ccc(CC(=O)CCCCCN2C(=O)CC(SC)C2=O)cc1)C(C)C. The number of thioether (sulfide) groups is 1. The highest BCUT2D eigenvalue weighted by atomic mass is 32.2. The summed E-state index contributed by atoms with van der Waals surface area (Å²) in [5, 5.41) is 9.73. The Kier molecular flexibility index (Phi) is 26.2. The summed E-state index contributed by atoms with van der Waals surface area (Å²) in [6.45, 7) is 13.8. The number of Topliss-reactive ketones (excluding diaryl/α,β-unsaturated/α-hetero) is 3. The predicted molar refractivity (Wildman–Crippen MR) is 299 cm³/mol. The van der Waals surface area contributed by atoms with Crippen molar-refractivity contribution >= 4 is 64.8 Å². The monoisotopic (exact) mass is 1100 g/mol. The molecule has 0 saturated carbocycles. The first-order valence-corrected chi connectivity index (χ1v) is 29.0. The van der Waals surface area contributed by atoms with Gasteiger partial charge in [0.1, 0.15) is 18.2 Å². The van der Waals surface area contributed by atoms with E-state index in [1.807, 2.05) is 90.3 Å². The summed E-state index contributed by atoms with van der Waals surface area (Å²) in [4.78, 5) is 126. The van der Waals surface area contributed by atoms with Crippen LogP contribution in [0.1, 0.15) is 129 Å². The number of carboxylic acid groups (broad SMARTS) is 1. The first-order chi connectivity index (χ1) is 36.9. The molecule has 2 aliphatic heterocycles. The number of hydrogen-bond acceptors (Lipinski definition) is 13. The Balaban J connectivity index is 1.32. The average molecular weight is 1110 g/mol. The van der Waals surface area contributed by atoms with E-state index in [9.17, 15) is 48.3 Å². The molecule has 0 radical (unpaired) electrons. The largest absolute Gasteiger partial charge is 0.481 e. The van der Waals surface area contributed by atoms with Crippen LogP contribution in [0.5, 0.6) is 0 Å². The third-order valence-corrected chi connectivity index (χ3v) is 16.7. The second-order valence-electron chi connectivity index (χ2n) is 22.4. The molecule has 2 saturated heterocycles. The quantitative estimate of drug-likeness (QED) is 0.0528. The van der Waals surface area contributed by atoms with E-state index in [4.69, 9.17) is 14.2 Å². The van der Waals surface area contributed by atoms with E-state index < -0.39 is 60.1 Å². The summed E-state index contributed by atoms with van der Waals surface area (Å²) in [6, 6.07) is 14.5. The molecule has 1 unspecified atom stereocenters. The van der Waals surface area contributed by atoms with Gasteiger partial charge in [-0.15, -0.1) is 0 Å². The molecule has 0 spiro atoms. The van der Waals surface area contributed by atoms with E-state index in [-0.39, 0.29) is 109 Å². The highest BCUT2D eigenvalue weighted by molar-refractivity contribution is 8.00. The summed E-state index contributed by atoms with van der Waals surface area (Å²) < 4.78 is 17.6. The van der Waals surface area contributed by atoms with Crippen LogP contribution in [0, 0.1) is 35.5 Å². The minimum atomic E-state index is -1.05. The van der Waals surface area contributed by atoms with Gasteiger partial charge in [0.25, 0.3) is 0 Å². The number of methoxy groups -OCH3 is 2. The Morgan fingerprint density at radius 1 is 0.756 bits per heavy atom. The van der Waals surface area contributed by atoms with Crippen LogP contribution in [-0.2, 0) is 72.0 Å². The number of carbonyl (C=O) groups is 9. The number of carboxylic acids is 1. The van der Waals surface area contributed by atoms with Gasteiger partial charge in [0.2, 0.25) is 23.6 Å². The Morgan fingerprint density at radius 3 is 1.97 bits per heavy atom. The number of likely N-dealkylation sites (tertiary alicyclic amines) is 2. The Hall–Kier alpha value is -5.46. The summed E-state index contributed by atoms with van der Waals surface area (Å²) in [5.41, 5.74) is 2.34. The predicted octanol–water partition coefficient (Wildman–Crippen LogP) is 8.11. The van der Waals surface area contributed by atoms with Crippen LogP contribution in [0.2, 0.25) is 0 Å². The Labute approximate surface area is 467 Å². The van der Waals surface area contributed by atoms with Crippen LogP contribution >= 0.6 is 11.8 Å². The zero-order valence-electron chi connectivity index (χ0n) is 48.3. The Bertz CT molecular complexity index is 2350. The molecular formula is C60H88N4O13S. The maximum atomic E-state index is 14.6. The number of ether oxygens (including phenoxy) is 3. The zero-order chi connectivity index (χ0) is 58.0. The van der Waals surface area contributed by atoms with E-state index in [0.717, 1.165) is 17.5 Å².